The van der Waals surface area contributed by atoms with Gasteiger partial charge in [0.2, 0.25) is 15.8 Å². The summed E-state index contributed by atoms with van der Waals surface area (Å²) < 4.78 is 36.4. The largest absolute Gasteiger partial charge is 0.336 e. The summed E-state index contributed by atoms with van der Waals surface area (Å²) in [5.41, 5.74) is 2.27. The third-order valence-corrected chi connectivity index (χ3v) is 6.74. The molecule has 7 nitrogen and oxygen atoms in total. The second-order valence-corrected chi connectivity index (χ2v) is 9.48. The van der Waals surface area contributed by atoms with Gasteiger partial charge in [-0.2, -0.15) is 0 Å². The third-order valence-electron chi connectivity index (χ3n) is 5.81. The number of rotatable bonds is 5. The van der Waals surface area contributed by atoms with Crippen molar-refractivity contribution in [3.05, 3.63) is 71.7 Å². The molecule has 0 atom stereocenters. The Balaban J connectivity index is 1.39. The molecular formula is C23H22FN3O4S. The molecule has 2 N–H and O–H groups in total. The Labute approximate surface area is 185 Å². The van der Waals surface area contributed by atoms with Crippen molar-refractivity contribution in [2.75, 3.05) is 13.1 Å². The average Bonchev–Trinajstić information content (AvgIpc) is 2.78. The molecule has 0 radical (unpaired) electrons. The number of nitrogens with two attached hydrogens (primary N) is 1. The summed E-state index contributed by atoms with van der Waals surface area (Å²) >= 11 is 0. The van der Waals surface area contributed by atoms with Crippen LogP contribution < -0.4 is 5.14 Å². The van der Waals surface area contributed by atoms with Crippen LogP contribution in [0.3, 0.4) is 0 Å². The normalized spacial score (nSPS) is 15.1. The van der Waals surface area contributed by atoms with E-state index >= 15 is 0 Å². The molecule has 166 valence electrons. The van der Waals surface area contributed by atoms with Crippen LogP contribution in [0.4, 0.5) is 4.39 Å². The quantitative estimate of drug-likeness (QED) is 0.595. The Kier molecular flexibility index (Phi) is 6.03. The molecule has 4 rings (SSSR count). The van der Waals surface area contributed by atoms with Gasteiger partial charge in [0.25, 0.3) is 5.91 Å². The second kappa shape index (κ2) is 8.76. The molecule has 2 heterocycles. The molecule has 2 aromatic carbocycles. The van der Waals surface area contributed by atoms with Gasteiger partial charge in [0.1, 0.15) is 5.82 Å². The number of benzene rings is 2. The van der Waals surface area contributed by atoms with Gasteiger partial charge >= 0.3 is 0 Å². The minimum Gasteiger partial charge on any atom is -0.336 e. The summed E-state index contributed by atoms with van der Waals surface area (Å²) in [6.07, 6.45) is 2.92. The summed E-state index contributed by atoms with van der Waals surface area (Å²) in [7, 11) is -3.81. The summed E-state index contributed by atoms with van der Waals surface area (Å²) in [4.78, 5) is 30.9. The van der Waals surface area contributed by atoms with E-state index in [-0.39, 0.29) is 23.1 Å². The first kappa shape index (κ1) is 22.0. The van der Waals surface area contributed by atoms with E-state index in [1.807, 2.05) is 6.07 Å². The summed E-state index contributed by atoms with van der Waals surface area (Å²) in [5, 5.41) is 5.84. The molecule has 9 heteroatoms. The first-order chi connectivity index (χ1) is 15.2. The number of hydrogen-bond donors (Lipinski definition) is 1. The zero-order chi connectivity index (χ0) is 22.9. The maximum atomic E-state index is 13.7. The topological polar surface area (TPSA) is 110 Å². The van der Waals surface area contributed by atoms with Gasteiger partial charge in [-0.1, -0.05) is 12.1 Å². The molecule has 0 saturated carbocycles. The maximum absolute atomic E-state index is 13.7. The number of halogens is 1. The third kappa shape index (κ3) is 4.68. The second-order valence-electron chi connectivity index (χ2n) is 7.92. The number of piperidine rings is 1. The number of nitrogens with zero attached hydrogens (tertiary/aromatic N) is 2. The highest BCUT2D eigenvalue weighted by molar-refractivity contribution is 7.89. The maximum Gasteiger partial charge on any atom is 0.290 e. The van der Waals surface area contributed by atoms with Crippen molar-refractivity contribution >= 4 is 32.6 Å². The van der Waals surface area contributed by atoms with Gasteiger partial charge in [-0.3, -0.25) is 14.6 Å². The number of primary sulfonamides is 1. The van der Waals surface area contributed by atoms with Gasteiger partial charge in [-0.15, -0.1) is 0 Å². The van der Waals surface area contributed by atoms with E-state index in [4.69, 9.17) is 5.14 Å². The zero-order valence-electron chi connectivity index (χ0n) is 17.2. The van der Waals surface area contributed by atoms with Crippen molar-refractivity contribution in [1.82, 2.24) is 9.88 Å². The monoisotopic (exact) mass is 455 g/mol. The molecule has 1 aliphatic heterocycles. The molecule has 0 spiro atoms. The van der Waals surface area contributed by atoms with Crippen LogP contribution >= 0.6 is 0 Å². The highest BCUT2D eigenvalue weighted by Crippen LogP contribution is 2.32. The van der Waals surface area contributed by atoms with Crippen LogP contribution in [0, 0.1) is 5.82 Å². The van der Waals surface area contributed by atoms with E-state index in [1.165, 1.54) is 36.4 Å². The molecule has 32 heavy (non-hydrogen) atoms. The molecule has 0 unspecified atom stereocenters. The lowest BCUT2D eigenvalue weighted by Gasteiger charge is -2.32. The van der Waals surface area contributed by atoms with E-state index in [0.29, 0.717) is 31.5 Å². The number of pyridine rings is 1. The van der Waals surface area contributed by atoms with E-state index in [2.05, 4.69) is 4.98 Å². The number of carbonyl (C=O) groups excluding carboxylic acids is 2. The molecule has 3 aromatic rings. The van der Waals surface area contributed by atoms with Crippen LogP contribution in [0.25, 0.3) is 10.9 Å². The van der Waals surface area contributed by atoms with Crippen LogP contribution in [0.5, 0.6) is 0 Å². The summed E-state index contributed by atoms with van der Waals surface area (Å²) in [5.74, 6) is -1.28. The van der Waals surface area contributed by atoms with E-state index in [1.54, 1.807) is 17.2 Å². The highest BCUT2D eigenvalue weighted by Gasteiger charge is 2.28. The van der Waals surface area contributed by atoms with Crippen molar-refractivity contribution < 1.29 is 22.4 Å². The molecule has 0 bridgehead atoms. The number of carbonyl (C=O) groups is 2. The Morgan fingerprint density at radius 1 is 1.06 bits per heavy atom. The minimum atomic E-state index is -3.81. The SMILES string of the molecule is NS(=O)(=O)c1ccc(CC(=O)C(=O)N2CCC(c3ccnc4ccc(F)cc34)CC2)cc1. The zero-order valence-corrected chi connectivity index (χ0v) is 18.0. The van der Waals surface area contributed by atoms with Gasteiger partial charge in [0.05, 0.1) is 10.4 Å². The predicted octanol–water partition coefficient (Wildman–Crippen LogP) is 2.54. The van der Waals surface area contributed by atoms with Crippen molar-refractivity contribution in [3.63, 3.8) is 0 Å². The Hall–Kier alpha value is -3.17. The number of ketones is 1. The molecule has 0 aliphatic carbocycles. The van der Waals surface area contributed by atoms with Crippen molar-refractivity contribution in [3.8, 4) is 0 Å². The highest BCUT2D eigenvalue weighted by atomic mass is 32.2. The Morgan fingerprint density at radius 3 is 2.41 bits per heavy atom. The van der Waals surface area contributed by atoms with E-state index in [9.17, 15) is 22.4 Å². The average molecular weight is 456 g/mol. The van der Waals surface area contributed by atoms with Crippen LogP contribution in [-0.2, 0) is 26.0 Å². The lowest BCUT2D eigenvalue weighted by atomic mass is 9.87. The molecule has 1 aliphatic rings. The van der Waals surface area contributed by atoms with Crippen molar-refractivity contribution in [2.24, 2.45) is 5.14 Å². The van der Waals surface area contributed by atoms with Gasteiger partial charge in [0.15, 0.2) is 0 Å². The van der Waals surface area contributed by atoms with Crippen molar-refractivity contribution in [2.45, 2.75) is 30.1 Å². The first-order valence-electron chi connectivity index (χ1n) is 10.2. The predicted molar refractivity (Wildman–Crippen MR) is 117 cm³/mol. The fourth-order valence-electron chi connectivity index (χ4n) is 4.12. The Morgan fingerprint density at radius 2 is 1.75 bits per heavy atom. The number of sulfonamides is 1. The van der Waals surface area contributed by atoms with Gasteiger partial charge in [0, 0.05) is 31.1 Å². The fraction of sp³-hybridized carbons (Fsp3) is 0.261. The van der Waals surface area contributed by atoms with Crippen LogP contribution in [-0.4, -0.2) is 43.1 Å². The van der Waals surface area contributed by atoms with Gasteiger partial charge in [-0.05, 0) is 66.3 Å². The van der Waals surface area contributed by atoms with E-state index in [0.717, 1.165) is 16.5 Å². The molecular weight excluding hydrogens is 433 g/mol. The number of hydrogen-bond acceptors (Lipinski definition) is 5. The van der Waals surface area contributed by atoms with Crippen LogP contribution in [0.15, 0.2) is 59.6 Å². The van der Waals surface area contributed by atoms with Crippen LogP contribution in [0.2, 0.25) is 0 Å². The van der Waals surface area contributed by atoms with Crippen LogP contribution in [0.1, 0.15) is 29.9 Å². The fourth-order valence-corrected chi connectivity index (χ4v) is 4.64. The number of fused-ring (bicyclic) bond motifs is 1. The smallest absolute Gasteiger partial charge is 0.290 e. The summed E-state index contributed by atoms with van der Waals surface area (Å²) in [6, 6.07) is 12.0. The number of likely N-dealkylation sites (tertiary alicyclic amines) is 1. The Bertz CT molecular complexity index is 1280. The van der Waals surface area contributed by atoms with E-state index < -0.39 is 21.7 Å². The first-order valence-corrected chi connectivity index (χ1v) is 11.7. The summed E-state index contributed by atoms with van der Waals surface area (Å²) in [6.45, 7) is 0.859. The lowest BCUT2D eigenvalue weighted by molar-refractivity contribution is -0.145. The van der Waals surface area contributed by atoms with Gasteiger partial charge < -0.3 is 4.90 Å². The number of amides is 1. The molecule has 1 saturated heterocycles. The standard InChI is InChI=1S/C23H22FN3O4S/c24-17-3-6-21-20(14-17)19(7-10-26-21)16-8-11-27(12-9-16)23(29)22(28)13-15-1-4-18(5-2-15)32(25,30)31/h1-7,10,14,16H,8-9,11-13H2,(H2,25,30,31). The molecule has 1 fully saturated rings. The number of aromatic nitrogens is 1. The molecule has 1 aromatic heterocycles. The minimum absolute atomic E-state index is 0.0504. The lowest BCUT2D eigenvalue weighted by Crippen LogP contribution is -2.42. The van der Waals surface area contributed by atoms with Crippen molar-refractivity contribution in [1.29, 1.82) is 0 Å². The number of Topliss-reactive ketones (excluding diaryl/α,β-unsaturated/α-hetero) is 1. The molecule has 1 amide bonds. The van der Waals surface area contributed by atoms with Gasteiger partial charge in [-0.25, -0.2) is 17.9 Å².